The predicted molar refractivity (Wildman–Crippen MR) is 126 cm³/mol. The first-order chi connectivity index (χ1) is 16.0. The van der Waals surface area contributed by atoms with E-state index in [1.807, 2.05) is 48.5 Å². The molecule has 0 bridgehead atoms. The van der Waals surface area contributed by atoms with Crippen molar-refractivity contribution in [2.24, 2.45) is 0 Å². The zero-order chi connectivity index (χ0) is 23.2. The second kappa shape index (κ2) is 10.3. The molecule has 3 aromatic rings. The Kier molecular flexibility index (Phi) is 7.05. The first-order valence-electron chi connectivity index (χ1n) is 10.7. The minimum Gasteiger partial charge on any atom is -0.484 e. The van der Waals surface area contributed by atoms with Gasteiger partial charge in [-0.15, -0.1) is 0 Å². The summed E-state index contributed by atoms with van der Waals surface area (Å²) in [6.07, 6.45) is 0.476. The van der Waals surface area contributed by atoms with Gasteiger partial charge in [0.25, 0.3) is 11.8 Å². The van der Waals surface area contributed by atoms with Crippen LogP contribution in [0.5, 0.6) is 5.75 Å². The number of ether oxygens (including phenoxy) is 1. The van der Waals surface area contributed by atoms with Gasteiger partial charge in [-0.05, 0) is 48.4 Å². The summed E-state index contributed by atoms with van der Waals surface area (Å²) in [7, 11) is 0. The smallest absolute Gasteiger partial charge is 0.261 e. The number of hydrogen-bond acceptors (Lipinski definition) is 4. The van der Waals surface area contributed by atoms with Gasteiger partial charge >= 0.3 is 0 Å². The summed E-state index contributed by atoms with van der Waals surface area (Å²) in [6, 6.07) is 24.3. The van der Waals surface area contributed by atoms with Crippen LogP contribution < -0.4 is 9.64 Å². The second-order valence-corrected chi connectivity index (χ2v) is 8.12. The van der Waals surface area contributed by atoms with Crippen LogP contribution in [0.3, 0.4) is 0 Å². The Hall–Kier alpha value is -3.64. The van der Waals surface area contributed by atoms with Gasteiger partial charge in [0.05, 0.1) is 12.1 Å². The Labute approximate surface area is 197 Å². The molecule has 0 N–H and O–H groups in total. The number of hydrogen-bond donors (Lipinski definition) is 0. The standard InChI is InChI=1S/C26H23ClN2O4/c27-20-11-13-21(14-12-20)29-24(30)17-23(26(29)32)28(16-15-19-7-3-1-4-8-19)25(31)18-33-22-9-5-2-6-10-22/h1-14,23H,15-18H2. The maximum Gasteiger partial charge on any atom is 0.261 e. The van der Waals surface area contributed by atoms with E-state index < -0.39 is 11.9 Å². The summed E-state index contributed by atoms with van der Waals surface area (Å²) in [5.74, 6) is -0.568. The average Bonchev–Trinajstić information content (AvgIpc) is 3.13. The van der Waals surface area contributed by atoms with Crippen molar-refractivity contribution in [3.63, 3.8) is 0 Å². The molecule has 0 radical (unpaired) electrons. The Balaban J connectivity index is 1.53. The van der Waals surface area contributed by atoms with Crippen molar-refractivity contribution >= 4 is 35.0 Å². The maximum atomic E-state index is 13.3. The molecule has 168 valence electrons. The van der Waals surface area contributed by atoms with Crippen LogP contribution in [0.15, 0.2) is 84.9 Å². The zero-order valence-corrected chi connectivity index (χ0v) is 18.6. The molecule has 1 heterocycles. The second-order valence-electron chi connectivity index (χ2n) is 7.69. The van der Waals surface area contributed by atoms with Gasteiger partial charge in [0.2, 0.25) is 5.91 Å². The highest BCUT2D eigenvalue weighted by atomic mass is 35.5. The van der Waals surface area contributed by atoms with E-state index in [0.717, 1.165) is 10.5 Å². The molecule has 1 fully saturated rings. The van der Waals surface area contributed by atoms with Crippen molar-refractivity contribution in [3.8, 4) is 5.75 Å². The Morgan fingerprint density at radius 1 is 0.939 bits per heavy atom. The fraction of sp³-hybridized carbons (Fsp3) is 0.192. The van der Waals surface area contributed by atoms with Crippen LogP contribution in [0.2, 0.25) is 5.02 Å². The molecule has 1 saturated heterocycles. The van der Waals surface area contributed by atoms with Crippen LogP contribution >= 0.6 is 11.6 Å². The largest absolute Gasteiger partial charge is 0.484 e. The van der Waals surface area contributed by atoms with Crippen LogP contribution in [0.1, 0.15) is 12.0 Å². The fourth-order valence-corrected chi connectivity index (χ4v) is 3.94. The molecule has 7 heteroatoms. The van der Waals surface area contributed by atoms with Gasteiger partial charge in [-0.1, -0.05) is 60.1 Å². The first kappa shape index (κ1) is 22.6. The minimum absolute atomic E-state index is 0.0761. The van der Waals surface area contributed by atoms with E-state index in [-0.39, 0.29) is 24.8 Å². The molecule has 1 unspecified atom stereocenters. The summed E-state index contributed by atoms with van der Waals surface area (Å²) < 4.78 is 5.63. The normalized spacial score (nSPS) is 15.5. The third kappa shape index (κ3) is 5.41. The van der Waals surface area contributed by atoms with Crippen molar-refractivity contribution in [2.45, 2.75) is 18.9 Å². The van der Waals surface area contributed by atoms with E-state index in [4.69, 9.17) is 16.3 Å². The maximum absolute atomic E-state index is 13.3. The minimum atomic E-state index is -0.885. The van der Waals surface area contributed by atoms with Crippen LogP contribution in [-0.2, 0) is 20.8 Å². The molecule has 3 aromatic carbocycles. The molecule has 1 aliphatic rings. The van der Waals surface area contributed by atoms with Crippen molar-refractivity contribution in [1.29, 1.82) is 0 Å². The zero-order valence-electron chi connectivity index (χ0n) is 17.9. The summed E-state index contributed by atoms with van der Waals surface area (Å²) in [4.78, 5) is 41.8. The van der Waals surface area contributed by atoms with Gasteiger partial charge in [-0.3, -0.25) is 14.4 Å². The van der Waals surface area contributed by atoms with E-state index in [1.54, 1.807) is 36.4 Å². The molecular formula is C26H23ClN2O4. The molecule has 4 rings (SSSR count). The molecule has 33 heavy (non-hydrogen) atoms. The number of benzene rings is 3. The van der Waals surface area contributed by atoms with Crippen molar-refractivity contribution in [1.82, 2.24) is 4.90 Å². The van der Waals surface area contributed by atoms with E-state index >= 15 is 0 Å². The van der Waals surface area contributed by atoms with Gasteiger partial charge in [0.15, 0.2) is 6.61 Å². The molecule has 6 nitrogen and oxygen atoms in total. The number of rotatable bonds is 8. The van der Waals surface area contributed by atoms with Gasteiger partial charge in [0, 0.05) is 11.6 Å². The summed E-state index contributed by atoms with van der Waals surface area (Å²) in [6.45, 7) is 0.0663. The first-order valence-corrected chi connectivity index (χ1v) is 11.0. The fourth-order valence-electron chi connectivity index (χ4n) is 3.81. The van der Waals surface area contributed by atoms with Crippen LogP contribution in [0.4, 0.5) is 5.69 Å². The highest BCUT2D eigenvalue weighted by molar-refractivity contribution is 6.30. The van der Waals surface area contributed by atoms with Gasteiger partial charge in [-0.25, -0.2) is 4.90 Å². The molecule has 1 atom stereocenters. The molecule has 3 amide bonds. The van der Waals surface area contributed by atoms with E-state index in [9.17, 15) is 14.4 Å². The van der Waals surface area contributed by atoms with Crippen molar-refractivity contribution in [2.75, 3.05) is 18.1 Å². The Bertz CT molecular complexity index is 1120. The number of carbonyl (C=O) groups is 3. The summed E-state index contributed by atoms with van der Waals surface area (Å²) in [5, 5.41) is 0.507. The Morgan fingerprint density at radius 3 is 2.24 bits per heavy atom. The Morgan fingerprint density at radius 2 is 1.58 bits per heavy atom. The highest BCUT2D eigenvalue weighted by Gasteiger charge is 2.44. The number of amides is 3. The lowest BCUT2D eigenvalue weighted by Gasteiger charge is -2.28. The topological polar surface area (TPSA) is 66.9 Å². The molecule has 0 aromatic heterocycles. The lowest BCUT2D eigenvalue weighted by Crippen LogP contribution is -2.48. The van der Waals surface area contributed by atoms with Gasteiger partial charge in [-0.2, -0.15) is 0 Å². The van der Waals surface area contributed by atoms with E-state index in [2.05, 4.69) is 0 Å². The molecule has 0 aliphatic carbocycles. The molecular weight excluding hydrogens is 440 g/mol. The van der Waals surface area contributed by atoms with Crippen molar-refractivity contribution < 1.29 is 19.1 Å². The van der Waals surface area contributed by atoms with Crippen LogP contribution in [0.25, 0.3) is 0 Å². The van der Waals surface area contributed by atoms with Crippen molar-refractivity contribution in [3.05, 3.63) is 95.5 Å². The third-order valence-electron chi connectivity index (χ3n) is 5.49. The van der Waals surface area contributed by atoms with Gasteiger partial charge < -0.3 is 9.64 Å². The number of anilines is 1. The number of nitrogens with zero attached hydrogens (tertiary/aromatic N) is 2. The SMILES string of the molecule is O=C1CC(N(CCc2ccccc2)C(=O)COc2ccccc2)C(=O)N1c1ccc(Cl)cc1. The lowest BCUT2D eigenvalue weighted by molar-refractivity contribution is -0.140. The van der Waals surface area contributed by atoms with Gasteiger partial charge in [0.1, 0.15) is 11.8 Å². The number of carbonyl (C=O) groups excluding carboxylic acids is 3. The highest BCUT2D eigenvalue weighted by Crippen LogP contribution is 2.27. The summed E-state index contributed by atoms with van der Waals surface area (Å²) >= 11 is 5.94. The lowest BCUT2D eigenvalue weighted by atomic mass is 10.1. The van der Waals surface area contributed by atoms with E-state index in [0.29, 0.717) is 29.4 Å². The summed E-state index contributed by atoms with van der Waals surface area (Å²) in [5.41, 5.74) is 1.47. The average molecular weight is 463 g/mol. The molecule has 1 aliphatic heterocycles. The van der Waals surface area contributed by atoms with E-state index in [1.165, 1.54) is 4.90 Å². The molecule has 0 saturated carbocycles. The quantitative estimate of drug-likeness (QED) is 0.472. The van der Waals surface area contributed by atoms with Crippen LogP contribution in [-0.4, -0.2) is 41.8 Å². The monoisotopic (exact) mass is 462 g/mol. The third-order valence-corrected chi connectivity index (χ3v) is 5.75. The predicted octanol–water partition coefficient (Wildman–Crippen LogP) is 4.12. The van der Waals surface area contributed by atoms with Crippen LogP contribution in [0, 0.1) is 0 Å². The number of halogens is 1. The number of imide groups is 1. The number of para-hydroxylation sites is 1. The molecule has 0 spiro atoms.